The first-order chi connectivity index (χ1) is 15.8. The Labute approximate surface area is 220 Å². The van der Waals surface area contributed by atoms with Crippen LogP contribution in [0.25, 0.3) is 10.8 Å². The van der Waals surface area contributed by atoms with Crippen LogP contribution in [0.3, 0.4) is 0 Å². The third-order valence-corrected chi connectivity index (χ3v) is 6.16. The van der Waals surface area contributed by atoms with Gasteiger partial charge in [0, 0.05) is 18.5 Å². The molecule has 0 bridgehead atoms. The van der Waals surface area contributed by atoms with Crippen LogP contribution in [0.2, 0.25) is 0 Å². The molecular weight excluding hydrogens is 496 g/mol. The van der Waals surface area contributed by atoms with Crippen molar-refractivity contribution < 1.29 is 42.0 Å². The number of nitrogen functional groups attached to an aromatic ring is 1. The number of nitrogens with zero attached hydrogens (tertiary/aromatic N) is 1. The maximum atomic E-state index is 12.1. The molecule has 4 rings (SSSR count). The highest BCUT2D eigenvalue weighted by Gasteiger charge is 2.25. The quantitative estimate of drug-likeness (QED) is 0.237. The van der Waals surface area contributed by atoms with Gasteiger partial charge in [0.2, 0.25) is 0 Å². The third-order valence-electron chi connectivity index (χ3n) is 6.16. The standard InChI is InChI=1S/C26H28N4O3.5H2O/c1-16(27)30-11-10-23(15-30)33-22-8-6-19(7-9-22)24(26(31)32)13-17-2-3-18-4-5-20(25(28)29)14-21(18)12-17;;;;;/h2-9,12,14,23-24,27H,10-11,13,15H2,1H3,(H3,28,29)(H,31,32);5*1H2/t23-,24-;;;;;/m0...../s1. The molecule has 1 aliphatic rings. The lowest BCUT2D eigenvalue weighted by Crippen LogP contribution is -2.28. The summed E-state index contributed by atoms with van der Waals surface area (Å²) in [5, 5.41) is 27.2. The molecule has 0 aliphatic carbocycles. The summed E-state index contributed by atoms with van der Waals surface area (Å²) in [6, 6.07) is 18.7. The molecule has 12 heteroatoms. The minimum absolute atomic E-state index is 0. The van der Waals surface area contributed by atoms with Crippen molar-refractivity contribution in [2.75, 3.05) is 13.1 Å². The molecule has 2 atom stereocenters. The normalized spacial score (nSPS) is 14.3. The number of nitrogens with one attached hydrogen (secondary N) is 2. The fourth-order valence-corrected chi connectivity index (χ4v) is 4.27. The number of rotatable bonds is 7. The van der Waals surface area contributed by atoms with E-state index >= 15 is 0 Å². The Kier molecular flexibility index (Phi) is 14.5. The van der Waals surface area contributed by atoms with E-state index in [1.165, 1.54) is 0 Å². The zero-order valence-corrected chi connectivity index (χ0v) is 21.0. The molecule has 1 aliphatic heterocycles. The molecule has 1 heterocycles. The third kappa shape index (κ3) is 8.23. The summed E-state index contributed by atoms with van der Waals surface area (Å²) < 4.78 is 6.03. The zero-order chi connectivity index (χ0) is 23.5. The summed E-state index contributed by atoms with van der Waals surface area (Å²) in [6.07, 6.45) is 1.25. The van der Waals surface area contributed by atoms with Crippen molar-refractivity contribution in [3.05, 3.63) is 77.4 Å². The van der Waals surface area contributed by atoms with Crippen molar-refractivity contribution in [1.82, 2.24) is 4.90 Å². The molecule has 15 N–H and O–H groups in total. The highest BCUT2D eigenvalue weighted by Crippen LogP contribution is 2.27. The summed E-state index contributed by atoms with van der Waals surface area (Å²) in [5.41, 5.74) is 7.88. The van der Waals surface area contributed by atoms with E-state index in [2.05, 4.69) is 0 Å². The maximum Gasteiger partial charge on any atom is 0.311 e. The minimum atomic E-state index is -0.880. The Morgan fingerprint density at radius 3 is 2.18 bits per heavy atom. The lowest BCUT2D eigenvalue weighted by atomic mass is 9.91. The van der Waals surface area contributed by atoms with Gasteiger partial charge in [0.1, 0.15) is 17.7 Å². The van der Waals surface area contributed by atoms with Gasteiger partial charge in [-0.1, -0.05) is 42.5 Å². The van der Waals surface area contributed by atoms with Gasteiger partial charge >= 0.3 is 5.97 Å². The fourth-order valence-electron chi connectivity index (χ4n) is 4.27. The van der Waals surface area contributed by atoms with Gasteiger partial charge in [0.25, 0.3) is 0 Å². The first-order valence-corrected chi connectivity index (χ1v) is 11.0. The molecule has 1 fully saturated rings. The van der Waals surface area contributed by atoms with Crippen LogP contribution in [0.1, 0.15) is 36.0 Å². The summed E-state index contributed by atoms with van der Waals surface area (Å²) >= 11 is 0. The van der Waals surface area contributed by atoms with E-state index in [0.717, 1.165) is 34.9 Å². The molecule has 12 nitrogen and oxygen atoms in total. The Morgan fingerprint density at radius 2 is 1.63 bits per heavy atom. The van der Waals surface area contributed by atoms with E-state index in [9.17, 15) is 9.90 Å². The molecule has 0 aromatic heterocycles. The second-order valence-electron chi connectivity index (χ2n) is 8.53. The van der Waals surface area contributed by atoms with E-state index < -0.39 is 11.9 Å². The maximum absolute atomic E-state index is 12.1. The number of carboxylic acid groups (broad SMARTS) is 1. The van der Waals surface area contributed by atoms with Crippen LogP contribution >= 0.6 is 0 Å². The number of carbonyl (C=O) groups is 1. The van der Waals surface area contributed by atoms with Crippen molar-refractivity contribution in [3.8, 4) is 5.75 Å². The molecule has 1 saturated heterocycles. The predicted octanol–water partition coefficient (Wildman–Crippen LogP) is -0.138. The minimum Gasteiger partial charge on any atom is -0.489 e. The number of amidine groups is 2. The molecule has 210 valence electrons. The van der Waals surface area contributed by atoms with Crippen molar-refractivity contribution >= 4 is 28.4 Å². The van der Waals surface area contributed by atoms with E-state index in [0.29, 0.717) is 30.1 Å². The van der Waals surface area contributed by atoms with Gasteiger partial charge in [-0.3, -0.25) is 15.6 Å². The SMILES string of the molecule is CC(=N)N1CC[C@H](Oc2ccc([C@H](Cc3ccc4ccc(C(=N)N)cc4c3)C(=O)O)cc2)C1.O.O.O.O.O. The van der Waals surface area contributed by atoms with Crippen molar-refractivity contribution in [2.24, 2.45) is 5.73 Å². The van der Waals surface area contributed by atoms with Crippen LogP contribution in [-0.2, 0) is 11.2 Å². The number of nitrogens with two attached hydrogens (primary N) is 1. The summed E-state index contributed by atoms with van der Waals surface area (Å²) in [4.78, 5) is 14.1. The number of carboxylic acids is 1. The molecule has 0 amide bonds. The Morgan fingerprint density at radius 1 is 1.00 bits per heavy atom. The van der Waals surface area contributed by atoms with Gasteiger partial charge in [-0.25, -0.2) is 0 Å². The summed E-state index contributed by atoms with van der Waals surface area (Å²) in [7, 11) is 0. The highest BCUT2D eigenvalue weighted by molar-refractivity contribution is 5.99. The number of likely N-dealkylation sites (tertiary alicyclic amines) is 1. The summed E-state index contributed by atoms with van der Waals surface area (Å²) in [5.74, 6) is -0.303. The van der Waals surface area contributed by atoms with Gasteiger partial charge in [0.15, 0.2) is 0 Å². The van der Waals surface area contributed by atoms with Crippen LogP contribution < -0.4 is 10.5 Å². The van der Waals surface area contributed by atoms with Crippen LogP contribution in [0.5, 0.6) is 5.75 Å². The largest absolute Gasteiger partial charge is 0.489 e. The van der Waals surface area contributed by atoms with Gasteiger partial charge in [0.05, 0.1) is 18.3 Å². The van der Waals surface area contributed by atoms with E-state index in [4.69, 9.17) is 21.3 Å². The summed E-state index contributed by atoms with van der Waals surface area (Å²) in [6.45, 7) is 3.29. The van der Waals surface area contributed by atoms with Crippen LogP contribution in [0, 0.1) is 10.8 Å². The van der Waals surface area contributed by atoms with Gasteiger partial charge in [-0.15, -0.1) is 0 Å². The number of ether oxygens (including phenoxy) is 1. The number of aliphatic carboxylic acids is 1. The molecule has 3 aromatic carbocycles. The Hall–Kier alpha value is -4.07. The van der Waals surface area contributed by atoms with Gasteiger partial charge in [-0.05, 0) is 53.4 Å². The molecule has 0 spiro atoms. The highest BCUT2D eigenvalue weighted by atomic mass is 16.5. The van der Waals surface area contributed by atoms with Gasteiger partial charge < -0.3 is 47.9 Å². The lowest BCUT2D eigenvalue weighted by molar-refractivity contribution is -0.138. The van der Waals surface area contributed by atoms with Crippen molar-refractivity contribution in [1.29, 1.82) is 10.8 Å². The Bertz CT molecular complexity index is 1220. The zero-order valence-electron chi connectivity index (χ0n) is 21.0. The van der Waals surface area contributed by atoms with E-state index in [1.807, 2.05) is 65.6 Å². The van der Waals surface area contributed by atoms with Crippen LogP contribution in [0.15, 0.2) is 60.7 Å². The first kappa shape index (κ1) is 36.1. The second-order valence-corrected chi connectivity index (χ2v) is 8.53. The smallest absolute Gasteiger partial charge is 0.311 e. The number of benzene rings is 3. The average molecular weight is 535 g/mol. The lowest BCUT2D eigenvalue weighted by Gasteiger charge is -2.18. The molecule has 3 aromatic rings. The molecule has 0 saturated carbocycles. The number of fused-ring (bicyclic) bond motifs is 1. The fraction of sp³-hybridized carbons (Fsp3) is 0.269. The average Bonchev–Trinajstić information content (AvgIpc) is 3.26. The van der Waals surface area contributed by atoms with E-state index in [-0.39, 0.29) is 39.3 Å². The monoisotopic (exact) mass is 534 g/mol. The molecule has 38 heavy (non-hydrogen) atoms. The van der Waals surface area contributed by atoms with Crippen molar-refractivity contribution in [2.45, 2.75) is 31.8 Å². The topological polar surface area (TPSA) is 281 Å². The van der Waals surface area contributed by atoms with Crippen molar-refractivity contribution in [3.63, 3.8) is 0 Å². The second kappa shape index (κ2) is 15.2. The molecule has 0 radical (unpaired) electrons. The number of hydrogen-bond donors (Lipinski definition) is 4. The molecule has 0 unspecified atom stereocenters. The van der Waals surface area contributed by atoms with Crippen LogP contribution in [-0.4, -0.2) is 74.2 Å². The first-order valence-electron chi connectivity index (χ1n) is 11.0. The van der Waals surface area contributed by atoms with Crippen LogP contribution in [0.4, 0.5) is 0 Å². The molecular formula is C26H38N4O8. The van der Waals surface area contributed by atoms with E-state index in [1.54, 1.807) is 6.92 Å². The predicted molar refractivity (Wildman–Crippen MR) is 148 cm³/mol. The Balaban J connectivity index is 0. The van der Waals surface area contributed by atoms with Gasteiger partial charge in [-0.2, -0.15) is 0 Å². The number of hydrogen-bond acceptors (Lipinski definition) is 4.